The number of aryl methyl sites for hydroxylation is 1. The molecule has 2 rings (SSSR count). The van der Waals surface area contributed by atoms with Crippen LogP contribution < -0.4 is 5.73 Å². The number of amides is 2. The van der Waals surface area contributed by atoms with Crippen molar-refractivity contribution in [3.63, 3.8) is 0 Å². The zero-order chi connectivity index (χ0) is 16.8. The van der Waals surface area contributed by atoms with Crippen LogP contribution in [-0.2, 0) is 17.8 Å². The Bertz CT molecular complexity index is 720. The van der Waals surface area contributed by atoms with Crippen LogP contribution in [0.3, 0.4) is 0 Å². The van der Waals surface area contributed by atoms with Gasteiger partial charge in [-0.3, -0.25) is 9.59 Å². The minimum absolute atomic E-state index is 0.0876. The van der Waals surface area contributed by atoms with E-state index in [-0.39, 0.29) is 5.91 Å². The molecule has 2 N–H and O–H groups in total. The summed E-state index contributed by atoms with van der Waals surface area (Å²) in [5, 5.41) is 1.07. The van der Waals surface area contributed by atoms with Gasteiger partial charge in [0.15, 0.2) is 0 Å². The number of benzene rings is 1. The number of nitrogens with two attached hydrogens (primary N) is 1. The standard InChI is InChI=1S/C17H19N3O2S/c1-3-15-19-10-14(23-15)11-20(2)16(21)9-6-12-4-7-13(8-5-12)17(18)22/h4-10H,3,11H2,1-2H3,(H2,18,22). The average Bonchev–Trinajstić information content (AvgIpc) is 3.00. The maximum atomic E-state index is 12.1. The summed E-state index contributed by atoms with van der Waals surface area (Å²) >= 11 is 1.62. The van der Waals surface area contributed by atoms with Crippen molar-refractivity contribution in [1.82, 2.24) is 9.88 Å². The molecule has 0 bridgehead atoms. The number of carbonyl (C=O) groups excluding carboxylic acids is 2. The topological polar surface area (TPSA) is 76.3 Å². The summed E-state index contributed by atoms with van der Waals surface area (Å²) in [6, 6.07) is 6.78. The maximum Gasteiger partial charge on any atom is 0.248 e. The number of nitrogens with zero attached hydrogens (tertiary/aromatic N) is 2. The van der Waals surface area contributed by atoms with Gasteiger partial charge in [0.05, 0.1) is 11.6 Å². The molecule has 0 aliphatic carbocycles. The molecule has 0 saturated carbocycles. The first-order valence-corrected chi connectivity index (χ1v) is 8.08. The average molecular weight is 329 g/mol. The number of likely N-dealkylation sites (N-methyl/N-ethyl adjacent to an activating group) is 1. The van der Waals surface area contributed by atoms with Crippen molar-refractivity contribution < 1.29 is 9.59 Å². The number of aromatic nitrogens is 1. The normalized spacial score (nSPS) is 10.9. The number of carbonyl (C=O) groups is 2. The van der Waals surface area contributed by atoms with Gasteiger partial charge in [0.1, 0.15) is 0 Å². The fourth-order valence-corrected chi connectivity index (χ4v) is 2.87. The highest BCUT2D eigenvalue weighted by atomic mass is 32.1. The maximum absolute atomic E-state index is 12.1. The molecular formula is C17H19N3O2S. The Kier molecular flexibility index (Phi) is 5.65. The second kappa shape index (κ2) is 7.69. The molecule has 1 aromatic carbocycles. The zero-order valence-electron chi connectivity index (χ0n) is 13.2. The predicted molar refractivity (Wildman–Crippen MR) is 92.0 cm³/mol. The van der Waals surface area contributed by atoms with Gasteiger partial charge in [-0.1, -0.05) is 19.1 Å². The monoisotopic (exact) mass is 329 g/mol. The lowest BCUT2D eigenvalue weighted by Crippen LogP contribution is -2.23. The van der Waals surface area contributed by atoms with Crippen LogP contribution in [0.15, 0.2) is 36.5 Å². The van der Waals surface area contributed by atoms with Crippen LogP contribution >= 0.6 is 11.3 Å². The van der Waals surface area contributed by atoms with E-state index in [4.69, 9.17) is 5.73 Å². The molecule has 0 fully saturated rings. The smallest absolute Gasteiger partial charge is 0.248 e. The third-order valence-corrected chi connectivity index (χ3v) is 4.41. The van der Waals surface area contributed by atoms with E-state index in [1.165, 1.54) is 6.08 Å². The van der Waals surface area contributed by atoms with Gasteiger partial charge in [0.2, 0.25) is 11.8 Å². The lowest BCUT2D eigenvalue weighted by molar-refractivity contribution is -0.125. The Morgan fingerprint density at radius 1 is 1.30 bits per heavy atom. The first-order valence-electron chi connectivity index (χ1n) is 7.26. The Hall–Kier alpha value is -2.47. The molecule has 6 heteroatoms. The van der Waals surface area contributed by atoms with Crippen LogP contribution in [0, 0.1) is 0 Å². The molecule has 0 saturated heterocycles. The fourth-order valence-electron chi connectivity index (χ4n) is 1.95. The molecule has 0 radical (unpaired) electrons. The third-order valence-electron chi connectivity index (χ3n) is 3.29. The van der Waals surface area contributed by atoms with Gasteiger partial charge in [-0.25, -0.2) is 4.98 Å². The van der Waals surface area contributed by atoms with Crippen molar-refractivity contribution in [2.45, 2.75) is 19.9 Å². The van der Waals surface area contributed by atoms with Crippen molar-refractivity contribution in [1.29, 1.82) is 0 Å². The quantitative estimate of drug-likeness (QED) is 0.827. The zero-order valence-corrected chi connectivity index (χ0v) is 14.0. The lowest BCUT2D eigenvalue weighted by atomic mass is 10.1. The Labute approximate surface area is 139 Å². The van der Waals surface area contributed by atoms with E-state index in [2.05, 4.69) is 11.9 Å². The van der Waals surface area contributed by atoms with Crippen LogP contribution in [-0.4, -0.2) is 28.7 Å². The van der Waals surface area contributed by atoms with Crippen LogP contribution in [0.4, 0.5) is 0 Å². The van der Waals surface area contributed by atoms with E-state index >= 15 is 0 Å². The SMILES string of the molecule is CCc1ncc(CN(C)C(=O)C=Cc2ccc(C(N)=O)cc2)s1. The molecule has 0 atom stereocenters. The van der Waals surface area contributed by atoms with E-state index < -0.39 is 5.91 Å². The molecule has 0 aliphatic heterocycles. The number of hydrogen-bond acceptors (Lipinski definition) is 4. The van der Waals surface area contributed by atoms with Crippen LogP contribution in [0.1, 0.15) is 32.7 Å². The van der Waals surface area contributed by atoms with E-state index in [1.54, 1.807) is 53.6 Å². The van der Waals surface area contributed by atoms with Crippen molar-refractivity contribution >= 4 is 29.2 Å². The van der Waals surface area contributed by atoms with Gasteiger partial charge in [-0.15, -0.1) is 11.3 Å². The summed E-state index contributed by atoms with van der Waals surface area (Å²) < 4.78 is 0. The third kappa shape index (κ3) is 4.75. The summed E-state index contributed by atoms with van der Waals surface area (Å²) in [7, 11) is 1.76. The predicted octanol–water partition coefficient (Wildman–Crippen LogP) is 2.48. The summed E-state index contributed by atoms with van der Waals surface area (Å²) in [4.78, 5) is 30.1. The number of primary amides is 1. The molecule has 23 heavy (non-hydrogen) atoms. The van der Waals surface area contributed by atoms with Gasteiger partial charge in [-0.2, -0.15) is 0 Å². The van der Waals surface area contributed by atoms with E-state index in [0.717, 1.165) is 21.9 Å². The molecule has 2 aromatic rings. The van der Waals surface area contributed by atoms with Gasteiger partial charge < -0.3 is 10.6 Å². The van der Waals surface area contributed by atoms with Crippen molar-refractivity contribution in [3.8, 4) is 0 Å². The fraction of sp³-hybridized carbons (Fsp3) is 0.235. The summed E-state index contributed by atoms with van der Waals surface area (Å²) in [5.74, 6) is -0.553. The van der Waals surface area contributed by atoms with Crippen molar-refractivity contribution in [3.05, 3.63) is 57.6 Å². The second-order valence-electron chi connectivity index (χ2n) is 5.09. The van der Waals surface area contributed by atoms with E-state index in [0.29, 0.717) is 12.1 Å². The van der Waals surface area contributed by atoms with Crippen molar-refractivity contribution in [2.75, 3.05) is 7.05 Å². The lowest BCUT2D eigenvalue weighted by Gasteiger charge is -2.13. The van der Waals surface area contributed by atoms with Crippen molar-refractivity contribution in [2.24, 2.45) is 5.73 Å². The molecule has 1 heterocycles. The van der Waals surface area contributed by atoms with Crippen LogP contribution in [0.25, 0.3) is 6.08 Å². The highest BCUT2D eigenvalue weighted by Crippen LogP contribution is 2.15. The summed E-state index contributed by atoms with van der Waals surface area (Å²) in [6.45, 7) is 2.60. The van der Waals surface area contributed by atoms with Gasteiger partial charge >= 0.3 is 0 Å². The molecule has 5 nitrogen and oxygen atoms in total. The number of hydrogen-bond donors (Lipinski definition) is 1. The van der Waals surface area contributed by atoms with Gasteiger partial charge in [-0.05, 0) is 30.2 Å². The minimum atomic E-state index is -0.465. The first kappa shape index (κ1) is 16.9. The summed E-state index contributed by atoms with van der Waals surface area (Å²) in [6.07, 6.45) is 5.96. The van der Waals surface area contributed by atoms with Crippen LogP contribution in [0.2, 0.25) is 0 Å². The summed E-state index contributed by atoms with van der Waals surface area (Å²) in [5.41, 5.74) is 6.47. The number of thiazole rings is 1. The Morgan fingerprint density at radius 3 is 2.57 bits per heavy atom. The largest absolute Gasteiger partial charge is 0.366 e. The highest BCUT2D eigenvalue weighted by Gasteiger charge is 2.08. The van der Waals surface area contributed by atoms with Gasteiger partial charge in [0.25, 0.3) is 0 Å². The highest BCUT2D eigenvalue weighted by molar-refractivity contribution is 7.11. The molecular weight excluding hydrogens is 310 g/mol. The first-order chi connectivity index (χ1) is 11.0. The second-order valence-corrected chi connectivity index (χ2v) is 6.29. The molecule has 0 unspecified atom stereocenters. The Balaban J connectivity index is 1.95. The molecule has 2 amide bonds. The van der Waals surface area contributed by atoms with Crippen LogP contribution in [0.5, 0.6) is 0 Å². The van der Waals surface area contributed by atoms with E-state index in [1.807, 2.05) is 6.20 Å². The molecule has 0 spiro atoms. The Morgan fingerprint density at radius 2 is 2.00 bits per heavy atom. The van der Waals surface area contributed by atoms with Gasteiger partial charge in [0, 0.05) is 29.8 Å². The minimum Gasteiger partial charge on any atom is -0.366 e. The van der Waals surface area contributed by atoms with E-state index in [9.17, 15) is 9.59 Å². The molecule has 120 valence electrons. The number of rotatable bonds is 6. The molecule has 0 aliphatic rings. The molecule has 1 aromatic heterocycles.